The Hall–Kier alpha value is -0.0800. The van der Waals surface area contributed by atoms with E-state index in [0.717, 1.165) is 23.8 Å². The molecule has 0 aromatic heterocycles. The van der Waals surface area contributed by atoms with Crippen LogP contribution >= 0.6 is 0 Å². The lowest BCUT2D eigenvalue weighted by Gasteiger charge is -2.36. The largest absolute Gasteiger partial charge is 0.316 e. The van der Waals surface area contributed by atoms with Crippen molar-refractivity contribution in [3.63, 3.8) is 0 Å². The number of hydrogen-bond acceptors (Lipinski definition) is 2. The Kier molecular flexibility index (Phi) is 2.73. The van der Waals surface area contributed by atoms with E-state index in [9.17, 15) is 0 Å². The minimum atomic E-state index is 0.921. The number of hydrogen-bond donors (Lipinski definition) is 1. The molecular weight excluding hydrogens is 184 g/mol. The van der Waals surface area contributed by atoms with Crippen molar-refractivity contribution < 1.29 is 0 Å². The SMILES string of the molecule is CC1CCCCC1N1C[C@H]2CNC[C@H]2C1. The minimum absolute atomic E-state index is 0.921. The van der Waals surface area contributed by atoms with Crippen molar-refractivity contribution in [2.45, 2.75) is 38.6 Å². The third-order valence-electron chi connectivity index (χ3n) is 4.95. The number of nitrogens with one attached hydrogen (secondary N) is 1. The summed E-state index contributed by atoms with van der Waals surface area (Å²) in [5.41, 5.74) is 0. The molecule has 0 aromatic carbocycles. The van der Waals surface area contributed by atoms with Crippen molar-refractivity contribution in [2.24, 2.45) is 17.8 Å². The van der Waals surface area contributed by atoms with Crippen LogP contribution in [0.2, 0.25) is 0 Å². The van der Waals surface area contributed by atoms with E-state index in [1.54, 1.807) is 0 Å². The van der Waals surface area contributed by atoms with Gasteiger partial charge in [0, 0.05) is 19.1 Å². The summed E-state index contributed by atoms with van der Waals surface area (Å²) in [6, 6.07) is 0.921. The summed E-state index contributed by atoms with van der Waals surface area (Å²) in [5, 5.41) is 3.53. The van der Waals surface area contributed by atoms with Gasteiger partial charge in [0.2, 0.25) is 0 Å². The topological polar surface area (TPSA) is 15.3 Å². The van der Waals surface area contributed by atoms with Crippen LogP contribution in [0.4, 0.5) is 0 Å². The Labute approximate surface area is 93.4 Å². The molecule has 2 heterocycles. The standard InChI is InChI=1S/C13H24N2/c1-10-4-2-3-5-13(10)15-8-11-6-14-7-12(11)9-15/h10-14H,2-9H2,1H3/t10?,11-,12+,13?. The van der Waals surface area contributed by atoms with Crippen LogP contribution in [0.5, 0.6) is 0 Å². The molecule has 86 valence electrons. The fourth-order valence-electron chi connectivity index (χ4n) is 4.00. The van der Waals surface area contributed by atoms with Crippen LogP contribution in [-0.2, 0) is 0 Å². The number of likely N-dealkylation sites (tertiary alicyclic amines) is 1. The summed E-state index contributed by atoms with van der Waals surface area (Å²) in [6.45, 7) is 7.79. The van der Waals surface area contributed by atoms with E-state index in [1.807, 2.05) is 0 Å². The molecule has 0 spiro atoms. The molecule has 0 aromatic rings. The summed E-state index contributed by atoms with van der Waals surface area (Å²) in [7, 11) is 0. The van der Waals surface area contributed by atoms with Gasteiger partial charge in [0.15, 0.2) is 0 Å². The predicted molar refractivity (Wildman–Crippen MR) is 62.8 cm³/mol. The average molecular weight is 208 g/mol. The summed E-state index contributed by atoms with van der Waals surface area (Å²) in [4.78, 5) is 2.82. The molecule has 0 radical (unpaired) electrons. The highest BCUT2D eigenvalue weighted by atomic mass is 15.2. The minimum Gasteiger partial charge on any atom is -0.316 e. The first kappa shape index (κ1) is 10.1. The smallest absolute Gasteiger partial charge is 0.0121 e. The number of rotatable bonds is 1. The fourth-order valence-corrected chi connectivity index (χ4v) is 4.00. The van der Waals surface area contributed by atoms with E-state index in [4.69, 9.17) is 0 Å². The molecule has 1 aliphatic carbocycles. The number of fused-ring (bicyclic) bond motifs is 1. The van der Waals surface area contributed by atoms with Gasteiger partial charge in [-0.3, -0.25) is 4.90 Å². The molecule has 2 aliphatic heterocycles. The van der Waals surface area contributed by atoms with E-state index < -0.39 is 0 Å². The summed E-state index contributed by atoms with van der Waals surface area (Å²) < 4.78 is 0. The molecule has 3 rings (SSSR count). The Morgan fingerprint density at radius 3 is 2.33 bits per heavy atom. The molecule has 2 nitrogen and oxygen atoms in total. The Morgan fingerprint density at radius 2 is 1.67 bits per heavy atom. The summed E-state index contributed by atoms with van der Waals surface area (Å²) in [5.74, 6) is 2.89. The Balaban J connectivity index is 1.63. The molecule has 1 N–H and O–H groups in total. The zero-order chi connectivity index (χ0) is 10.3. The summed E-state index contributed by atoms with van der Waals surface area (Å²) >= 11 is 0. The first-order valence-electron chi connectivity index (χ1n) is 6.79. The van der Waals surface area contributed by atoms with Crippen molar-refractivity contribution in [1.29, 1.82) is 0 Å². The zero-order valence-corrected chi connectivity index (χ0v) is 9.91. The van der Waals surface area contributed by atoms with E-state index >= 15 is 0 Å². The van der Waals surface area contributed by atoms with Crippen molar-refractivity contribution in [3.8, 4) is 0 Å². The second-order valence-corrected chi connectivity index (χ2v) is 5.96. The van der Waals surface area contributed by atoms with Crippen LogP contribution in [0.25, 0.3) is 0 Å². The van der Waals surface area contributed by atoms with Crippen molar-refractivity contribution >= 4 is 0 Å². The lowest BCUT2D eigenvalue weighted by Crippen LogP contribution is -2.41. The maximum atomic E-state index is 3.53. The van der Waals surface area contributed by atoms with Gasteiger partial charge in [0.25, 0.3) is 0 Å². The molecular formula is C13H24N2. The van der Waals surface area contributed by atoms with Gasteiger partial charge >= 0.3 is 0 Å². The third kappa shape index (κ3) is 1.83. The van der Waals surface area contributed by atoms with Gasteiger partial charge in [-0.1, -0.05) is 19.8 Å². The van der Waals surface area contributed by atoms with Gasteiger partial charge in [0.1, 0.15) is 0 Å². The van der Waals surface area contributed by atoms with Gasteiger partial charge in [-0.25, -0.2) is 0 Å². The van der Waals surface area contributed by atoms with Crippen LogP contribution in [0.1, 0.15) is 32.6 Å². The molecule has 2 heteroatoms. The molecule has 2 unspecified atom stereocenters. The van der Waals surface area contributed by atoms with Crippen molar-refractivity contribution in [3.05, 3.63) is 0 Å². The zero-order valence-electron chi connectivity index (χ0n) is 9.91. The second-order valence-electron chi connectivity index (χ2n) is 5.96. The van der Waals surface area contributed by atoms with Crippen LogP contribution in [0.3, 0.4) is 0 Å². The molecule has 15 heavy (non-hydrogen) atoms. The van der Waals surface area contributed by atoms with Crippen LogP contribution in [0, 0.1) is 17.8 Å². The first-order valence-corrected chi connectivity index (χ1v) is 6.79. The molecule has 0 amide bonds. The van der Waals surface area contributed by atoms with Crippen LogP contribution in [-0.4, -0.2) is 37.1 Å². The fraction of sp³-hybridized carbons (Fsp3) is 1.00. The van der Waals surface area contributed by atoms with E-state index in [1.165, 1.54) is 51.9 Å². The second kappa shape index (κ2) is 4.06. The van der Waals surface area contributed by atoms with Crippen molar-refractivity contribution in [2.75, 3.05) is 26.2 Å². The molecule has 2 saturated heterocycles. The molecule has 0 bridgehead atoms. The van der Waals surface area contributed by atoms with Gasteiger partial charge in [0.05, 0.1) is 0 Å². The van der Waals surface area contributed by atoms with Crippen LogP contribution in [0.15, 0.2) is 0 Å². The first-order chi connectivity index (χ1) is 7.34. The van der Waals surface area contributed by atoms with Gasteiger partial charge in [-0.15, -0.1) is 0 Å². The highest BCUT2D eigenvalue weighted by Crippen LogP contribution is 2.34. The predicted octanol–water partition coefficient (Wildman–Crippen LogP) is 1.72. The lowest BCUT2D eigenvalue weighted by atomic mass is 9.85. The molecule has 3 aliphatic rings. The lowest BCUT2D eigenvalue weighted by molar-refractivity contribution is 0.130. The highest BCUT2D eigenvalue weighted by Gasteiger charge is 2.40. The average Bonchev–Trinajstić information content (AvgIpc) is 2.77. The van der Waals surface area contributed by atoms with Gasteiger partial charge < -0.3 is 5.32 Å². The van der Waals surface area contributed by atoms with E-state index in [2.05, 4.69) is 17.1 Å². The Morgan fingerprint density at radius 1 is 1.00 bits per heavy atom. The molecule has 1 saturated carbocycles. The summed E-state index contributed by atoms with van der Waals surface area (Å²) in [6.07, 6.45) is 5.88. The van der Waals surface area contributed by atoms with Crippen molar-refractivity contribution in [1.82, 2.24) is 10.2 Å². The quantitative estimate of drug-likeness (QED) is 0.706. The van der Waals surface area contributed by atoms with E-state index in [-0.39, 0.29) is 0 Å². The molecule has 3 fully saturated rings. The maximum absolute atomic E-state index is 3.53. The van der Waals surface area contributed by atoms with Crippen LogP contribution < -0.4 is 5.32 Å². The Bertz CT molecular complexity index is 217. The maximum Gasteiger partial charge on any atom is 0.0121 e. The van der Waals surface area contributed by atoms with Gasteiger partial charge in [-0.05, 0) is 43.7 Å². The van der Waals surface area contributed by atoms with Gasteiger partial charge in [-0.2, -0.15) is 0 Å². The number of nitrogens with zero attached hydrogens (tertiary/aromatic N) is 1. The van der Waals surface area contributed by atoms with E-state index in [0.29, 0.717) is 0 Å². The monoisotopic (exact) mass is 208 g/mol. The normalized spacial score (nSPS) is 47.0. The molecule has 4 atom stereocenters. The highest BCUT2D eigenvalue weighted by molar-refractivity contribution is 4.95. The third-order valence-corrected chi connectivity index (χ3v) is 4.95.